The van der Waals surface area contributed by atoms with Crippen LogP contribution in [0.4, 0.5) is 5.69 Å². The van der Waals surface area contributed by atoms with E-state index < -0.39 is 0 Å². The molecule has 0 radical (unpaired) electrons. The van der Waals surface area contributed by atoms with Gasteiger partial charge in [-0.3, -0.25) is 4.79 Å². The van der Waals surface area contributed by atoms with Crippen molar-refractivity contribution in [3.8, 4) is 11.8 Å². The van der Waals surface area contributed by atoms with Gasteiger partial charge in [0.25, 0.3) is 0 Å². The number of anilines is 1. The van der Waals surface area contributed by atoms with Crippen molar-refractivity contribution in [2.24, 2.45) is 0 Å². The highest BCUT2D eigenvalue weighted by Crippen LogP contribution is 2.20. The van der Waals surface area contributed by atoms with Gasteiger partial charge in [0.1, 0.15) is 5.76 Å². The summed E-state index contributed by atoms with van der Waals surface area (Å²) in [5, 5.41) is 2.88. The molecule has 1 heterocycles. The maximum Gasteiger partial charge on any atom is 0.226 e. The van der Waals surface area contributed by atoms with Crippen molar-refractivity contribution in [3.05, 3.63) is 90.4 Å². The number of carbonyl (C=O) groups excluding carboxylic acids is 1. The number of nitrogens with one attached hydrogen (secondary N) is 1. The Balaban J connectivity index is 1.74. The molecule has 24 heavy (non-hydrogen) atoms. The SMILES string of the molecule is O=C(C[C@H](C#Cc1ccccc1)c1ccco1)Nc1ccccc1. The molecular weight excluding hydrogens is 298 g/mol. The summed E-state index contributed by atoms with van der Waals surface area (Å²) in [4.78, 5) is 12.3. The number of carbonyl (C=O) groups is 1. The van der Waals surface area contributed by atoms with E-state index in [4.69, 9.17) is 4.42 Å². The van der Waals surface area contributed by atoms with Gasteiger partial charge in [0.2, 0.25) is 5.91 Å². The highest BCUT2D eigenvalue weighted by molar-refractivity contribution is 5.91. The van der Waals surface area contributed by atoms with E-state index in [-0.39, 0.29) is 18.2 Å². The molecular formula is C21H17NO2. The van der Waals surface area contributed by atoms with E-state index in [2.05, 4.69) is 17.2 Å². The lowest BCUT2D eigenvalue weighted by atomic mass is 10.0. The second-order valence-corrected chi connectivity index (χ2v) is 5.32. The molecule has 3 aromatic rings. The molecule has 0 aliphatic carbocycles. The average Bonchev–Trinajstić information content (AvgIpc) is 3.15. The van der Waals surface area contributed by atoms with Crippen LogP contribution in [-0.2, 0) is 4.79 Å². The third kappa shape index (κ3) is 4.37. The van der Waals surface area contributed by atoms with Crippen molar-refractivity contribution in [1.29, 1.82) is 0 Å². The van der Waals surface area contributed by atoms with Gasteiger partial charge in [0.15, 0.2) is 0 Å². The number of hydrogen-bond acceptors (Lipinski definition) is 2. The fourth-order valence-electron chi connectivity index (χ4n) is 2.32. The standard InChI is InChI=1S/C21H17NO2/c23-21(22-19-10-5-2-6-11-19)16-18(20-12-7-15-24-20)14-13-17-8-3-1-4-9-17/h1-12,15,18H,16H2,(H,22,23)/t18-/m0/s1. The molecule has 1 atom stereocenters. The molecule has 1 amide bonds. The topological polar surface area (TPSA) is 42.2 Å². The molecule has 0 bridgehead atoms. The molecule has 3 nitrogen and oxygen atoms in total. The fraction of sp³-hybridized carbons (Fsp3) is 0.0952. The average molecular weight is 315 g/mol. The van der Waals surface area contributed by atoms with E-state index in [0.717, 1.165) is 11.3 Å². The van der Waals surface area contributed by atoms with Gasteiger partial charge >= 0.3 is 0 Å². The van der Waals surface area contributed by atoms with Crippen molar-refractivity contribution < 1.29 is 9.21 Å². The van der Waals surface area contributed by atoms with Gasteiger partial charge in [-0.25, -0.2) is 0 Å². The molecule has 3 heteroatoms. The molecule has 118 valence electrons. The summed E-state index contributed by atoms with van der Waals surface area (Å²) in [7, 11) is 0. The molecule has 0 unspecified atom stereocenters. The van der Waals surface area contributed by atoms with Gasteiger partial charge in [0, 0.05) is 17.7 Å². The molecule has 0 saturated carbocycles. The molecule has 1 aromatic heterocycles. The summed E-state index contributed by atoms with van der Waals surface area (Å²) in [5.74, 6) is 6.58. The lowest BCUT2D eigenvalue weighted by Crippen LogP contribution is -2.14. The molecule has 1 N–H and O–H groups in total. The Hall–Kier alpha value is -3.25. The molecule has 0 fully saturated rings. The molecule has 0 spiro atoms. The lowest BCUT2D eigenvalue weighted by Gasteiger charge is -2.09. The maximum absolute atomic E-state index is 12.3. The van der Waals surface area contributed by atoms with Gasteiger partial charge < -0.3 is 9.73 Å². The van der Waals surface area contributed by atoms with Crippen molar-refractivity contribution in [1.82, 2.24) is 0 Å². The van der Waals surface area contributed by atoms with E-state index in [1.807, 2.05) is 72.8 Å². The predicted octanol–water partition coefficient (Wildman–Crippen LogP) is 4.44. The Labute approximate surface area is 141 Å². The number of furan rings is 1. The van der Waals surface area contributed by atoms with Crippen LogP contribution in [-0.4, -0.2) is 5.91 Å². The molecule has 0 aliphatic rings. The summed E-state index contributed by atoms with van der Waals surface area (Å²) in [6.45, 7) is 0. The second-order valence-electron chi connectivity index (χ2n) is 5.32. The summed E-state index contributed by atoms with van der Waals surface area (Å²) in [6, 6.07) is 22.7. The highest BCUT2D eigenvalue weighted by Gasteiger charge is 2.16. The Morgan fingerprint density at radius 3 is 2.33 bits per heavy atom. The first kappa shape index (κ1) is 15.6. The normalized spacial score (nSPS) is 11.2. The van der Waals surface area contributed by atoms with E-state index in [0.29, 0.717) is 5.76 Å². The minimum absolute atomic E-state index is 0.0926. The highest BCUT2D eigenvalue weighted by atomic mass is 16.3. The summed E-state index contributed by atoms with van der Waals surface area (Å²) >= 11 is 0. The minimum Gasteiger partial charge on any atom is -0.468 e. The van der Waals surface area contributed by atoms with Crippen LogP contribution >= 0.6 is 0 Å². The zero-order valence-electron chi connectivity index (χ0n) is 13.1. The van der Waals surface area contributed by atoms with Crippen LogP contribution in [0.15, 0.2) is 83.5 Å². The van der Waals surface area contributed by atoms with Gasteiger partial charge in [-0.15, -0.1) is 0 Å². The monoisotopic (exact) mass is 315 g/mol. The van der Waals surface area contributed by atoms with E-state index in [1.165, 1.54) is 0 Å². The van der Waals surface area contributed by atoms with Gasteiger partial charge in [0.05, 0.1) is 12.2 Å². The van der Waals surface area contributed by atoms with Crippen LogP contribution in [0.1, 0.15) is 23.7 Å². The Morgan fingerprint density at radius 1 is 0.958 bits per heavy atom. The number of amides is 1. The lowest BCUT2D eigenvalue weighted by molar-refractivity contribution is -0.116. The van der Waals surface area contributed by atoms with E-state index >= 15 is 0 Å². The zero-order chi connectivity index (χ0) is 16.6. The summed E-state index contributed by atoms with van der Waals surface area (Å²) < 4.78 is 5.45. The maximum atomic E-state index is 12.3. The first-order valence-electron chi connectivity index (χ1n) is 7.76. The predicted molar refractivity (Wildman–Crippen MR) is 94.5 cm³/mol. The fourth-order valence-corrected chi connectivity index (χ4v) is 2.32. The van der Waals surface area contributed by atoms with Crippen molar-refractivity contribution >= 4 is 11.6 Å². The van der Waals surface area contributed by atoms with E-state index in [9.17, 15) is 4.79 Å². The van der Waals surface area contributed by atoms with Gasteiger partial charge in [-0.1, -0.05) is 48.2 Å². The zero-order valence-corrected chi connectivity index (χ0v) is 13.1. The van der Waals surface area contributed by atoms with Crippen molar-refractivity contribution in [2.75, 3.05) is 5.32 Å². The third-order valence-corrected chi connectivity index (χ3v) is 3.50. The Morgan fingerprint density at radius 2 is 1.67 bits per heavy atom. The smallest absolute Gasteiger partial charge is 0.226 e. The number of benzene rings is 2. The molecule has 3 rings (SSSR count). The quantitative estimate of drug-likeness (QED) is 0.723. The van der Waals surface area contributed by atoms with Crippen molar-refractivity contribution in [2.45, 2.75) is 12.3 Å². The first-order chi connectivity index (χ1) is 11.8. The Bertz CT molecular complexity index is 828. The Kier molecular flexibility index (Phi) is 5.11. The number of para-hydroxylation sites is 1. The summed E-state index contributed by atoms with van der Waals surface area (Å²) in [5.41, 5.74) is 1.69. The molecule has 2 aromatic carbocycles. The first-order valence-corrected chi connectivity index (χ1v) is 7.76. The van der Waals surface area contributed by atoms with Crippen LogP contribution in [0.2, 0.25) is 0 Å². The van der Waals surface area contributed by atoms with Gasteiger partial charge in [-0.2, -0.15) is 0 Å². The van der Waals surface area contributed by atoms with Crippen LogP contribution in [0.3, 0.4) is 0 Å². The van der Waals surface area contributed by atoms with Crippen LogP contribution < -0.4 is 5.32 Å². The third-order valence-electron chi connectivity index (χ3n) is 3.50. The van der Waals surface area contributed by atoms with Crippen LogP contribution in [0.25, 0.3) is 0 Å². The van der Waals surface area contributed by atoms with Crippen LogP contribution in [0, 0.1) is 11.8 Å². The van der Waals surface area contributed by atoms with Crippen LogP contribution in [0.5, 0.6) is 0 Å². The minimum atomic E-state index is -0.288. The van der Waals surface area contributed by atoms with E-state index in [1.54, 1.807) is 6.26 Å². The molecule has 0 aliphatic heterocycles. The second kappa shape index (κ2) is 7.85. The molecule has 0 saturated heterocycles. The number of rotatable bonds is 4. The summed E-state index contributed by atoms with van der Waals surface area (Å²) in [6.07, 6.45) is 1.84. The van der Waals surface area contributed by atoms with Crippen molar-refractivity contribution in [3.63, 3.8) is 0 Å². The largest absolute Gasteiger partial charge is 0.468 e. The van der Waals surface area contributed by atoms with Gasteiger partial charge in [-0.05, 0) is 36.4 Å². The number of hydrogen-bond donors (Lipinski definition) is 1.